The number of hydrogen-bond donors (Lipinski definition) is 1. The smallest absolute Gasteiger partial charge is 0.475 e. The van der Waals surface area contributed by atoms with Gasteiger partial charge >= 0.3 is 12.1 Å². The van der Waals surface area contributed by atoms with Crippen LogP contribution in [0.2, 0.25) is 0 Å². The highest BCUT2D eigenvalue weighted by atomic mass is 19.4. The van der Waals surface area contributed by atoms with Crippen molar-refractivity contribution in [1.82, 2.24) is 19.5 Å². The first kappa shape index (κ1) is 21.0. The van der Waals surface area contributed by atoms with Crippen LogP contribution in [0, 0.1) is 11.7 Å². The second-order valence-electron chi connectivity index (χ2n) is 6.70. The van der Waals surface area contributed by atoms with Crippen molar-refractivity contribution >= 4 is 11.9 Å². The summed E-state index contributed by atoms with van der Waals surface area (Å²) in [5, 5.41) is 7.12. The summed E-state index contributed by atoms with van der Waals surface area (Å²) in [7, 11) is 0. The Kier molecular flexibility index (Phi) is 6.30. The summed E-state index contributed by atoms with van der Waals surface area (Å²) in [5.41, 5.74) is 0. The average molecular weight is 417 g/mol. The molecule has 3 atom stereocenters. The normalized spacial score (nSPS) is 23.9. The third-order valence-electron chi connectivity index (χ3n) is 4.83. The van der Waals surface area contributed by atoms with Crippen molar-refractivity contribution in [3.8, 4) is 0 Å². The fraction of sp³-hybridized carbons (Fsp3) is 0.529. The SMILES string of the molecule is Fc1cnc(N2CCOC3C(Cn4ccnc4)CCC32)nc1.O=C(O)C(F)(F)F. The molecule has 3 heterocycles. The quantitative estimate of drug-likeness (QED) is 0.765. The molecule has 2 aromatic rings. The maximum atomic E-state index is 13.0. The Balaban J connectivity index is 0.000000298. The molecule has 1 aliphatic carbocycles. The molecule has 12 heteroatoms. The molecule has 0 aromatic carbocycles. The van der Waals surface area contributed by atoms with E-state index in [9.17, 15) is 17.6 Å². The highest BCUT2D eigenvalue weighted by molar-refractivity contribution is 5.73. The Labute approximate surface area is 163 Å². The summed E-state index contributed by atoms with van der Waals surface area (Å²) in [6.45, 7) is 2.33. The van der Waals surface area contributed by atoms with Gasteiger partial charge in [-0.05, 0) is 12.8 Å². The van der Waals surface area contributed by atoms with Crippen molar-refractivity contribution in [2.45, 2.75) is 37.7 Å². The van der Waals surface area contributed by atoms with Gasteiger partial charge in [-0.3, -0.25) is 0 Å². The molecule has 1 aliphatic heterocycles. The predicted molar refractivity (Wildman–Crippen MR) is 91.5 cm³/mol. The maximum absolute atomic E-state index is 13.0. The highest BCUT2D eigenvalue weighted by Crippen LogP contribution is 2.36. The lowest BCUT2D eigenvalue weighted by atomic mass is 10.0. The van der Waals surface area contributed by atoms with Crippen molar-refractivity contribution in [3.05, 3.63) is 36.9 Å². The number of carbonyl (C=O) groups is 1. The fourth-order valence-electron chi connectivity index (χ4n) is 3.62. The number of aliphatic carboxylic acids is 1. The van der Waals surface area contributed by atoms with Crippen molar-refractivity contribution < 1.29 is 32.2 Å². The molecule has 1 N–H and O–H groups in total. The van der Waals surface area contributed by atoms with Crippen LogP contribution in [-0.4, -0.2) is 62.1 Å². The molecule has 4 rings (SSSR count). The van der Waals surface area contributed by atoms with Crippen LogP contribution in [0.25, 0.3) is 0 Å². The van der Waals surface area contributed by atoms with E-state index < -0.39 is 18.0 Å². The first-order valence-electron chi connectivity index (χ1n) is 8.87. The summed E-state index contributed by atoms with van der Waals surface area (Å²) < 4.78 is 52.9. The van der Waals surface area contributed by atoms with Gasteiger partial charge in [0.05, 0.1) is 37.5 Å². The Bertz CT molecular complexity index is 800. The van der Waals surface area contributed by atoms with Crippen LogP contribution in [-0.2, 0) is 16.1 Å². The van der Waals surface area contributed by atoms with E-state index in [1.54, 1.807) is 6.20 Å². The number of fused-ring (bicyclic) bond motifs is 1. The number of rotatable bonds is 3. The van der Waals surface area contributed by atoms with Gasteiger partial charge in [-0.15, -0.1) is 0 Å². The number of anilines is 1. The Morgan fingerprint density at radius 3 is 2.55 bits per heavy atom. The predicted octanol–water partition coefficient (Wildman–Crippen LogP) is 2.13. The van der Waals surface area contributed by atoms with Crippen molar-refractivity contribution in [3.63, 3.8) is 0 Å². The molecule has 29 heavy (non-hydrogen) atoms. The molecule has 2 aliphatic rings. The molecule has 0 bridgehead atoms. The highest BCUT2D eigenvalue weighted by Gasteiger charge is 2.43. The molecule has 2 aromatic heterocycles. The fourth-order valence-corrected chi connectivity index (χ4v) is 3.62. The standard InChI is InChI=1S/C15H18FN5O.C2HF3O2/c16-12-7-18-15(19-8-12)21-5-6-22-14-11(1-2-13(14)21)9-20-4-3-17-10-20;3-2(4,5)1(6)7/h3-4,7-8,10-11,13-14H,1-2,5-6,9H2;(H,6,7). The van der Waals surface area contributed by atoms with Gasteiger partial charge in [0.2, 0.25) is 5.95 Å². The van der Waals surface area contributed by atoms with Crippen molar-refractivity contribution in [2.24, 2.45) is 5.92 Å². The minimum absolute atomic E-state index is 0.171. The first-order chi connectivity index (χ1) is 13.8. The number of carboxylic acid groups (broad SMARTS) is 1. The zero-order chi connectivity index (χ0) is 21.0. The van der Waals surface area contributed by atoms with Crippen LogP contribution in [0.5, 0.6) is 0 Å². The van der Waals surface area contributed by atoms with Gasteiger partial charge in [0, 0.05) is 31.4 Å². The Hall–Kier alpha value is -2.76. The van der Waals surface area contributed by atoms with E-state index >= 15 is 0 Å². The van der Waals surface area contributed by atoms with Crippen molar-refractivity contribution in [2.75, 3.05) is 18.1 Å². The summed E-state index contributed by atoms with van der Waals surface area (Å²) in [6.07, 6.45) is 5.32. The minimum atomic E-state index is -5.08. The Morgan fingerprint density at radius 1 is 1.28 bits per heavy atom. The lowest BCUT2D eigenvalue weighted by Gasteiger charge is -2.39. The molecular weight excluding hydrogens is 398 g/mol. The summed E-state index contributed by atoms with van der Waals surface area (Å²) in [4.78, 5) is 23.4. The van der Waals surface area contributed by atoms with Crippen LogP contribution in [0.1, 0.15) is 12.8 Å². The van der Waals surface area contributed by atoms with E-state index in [-0.39, 0.29) is 12.1 Å². The molecule has 0 spiro atoms. The molecular formula is C17H19F4N5O3. The molecule has 158 valence electrons. The van der Waals surface area contributed by atoms with E-state index in [2.05, 4.69) is 24.4 Å². The van der Waals surface area contributed by atoms with E-state index in [0.29, 0.717) is 18.5 Å². The monoisotopic (exact) mass is 417 g/mol. The molecule has 0 radical (unpaired) electrons. The van der Waals surface area contributed by atoms with Gasteiger partial charge in [-0.1, -0.05) is 0 Å². The lowest BCUT2D eigenvalue weighted by Crippen LogP contribution is -2.51. The summed E-state index contributed by atoms with van der Waals surface area (Å²) >= 11 is 0. The van der Waals surface area contributed by atoms with Gasteiger partial charge in [-0.2, -0.15) is 13.2 Å². The average Bonchev–Trinajstić information content (AvgIpc) is 3.33. The second-order valence-corrected chi connectivity index (χ2v) is 6.70. The summed E-state index contributed by atoms with van der Waals surface area (Å²) in [6, 6.07) is 0.271. The number of ether oxygens (including phenoxy) is 1. The van der Waals surface area contributed by atoms with Gasteiger partial charge in [0.1, 0.15) is 0 Å². The second kappa shape index (κ2) is 8.72. The number of aromatic nitrogens is 4. The number of nitrogens with zero attached hydrogens (tertiary/aromatic N) is 5. The van der Waals surface area contributed by atoms with Gasteiger partial charge < -0.3 is 19.3 Å². The van der Waals surface area contributed by atoms with E-state index in [1.165, 1.54) is 12.4 Å². The molecule has 2 fully saturated rings. The maximum Gasteiger partial charge on any atom is 0.490 e. The number of morpholine rings is 1. The molecule has 8 nitrogen and oxygen atoms in total. The number of alkyl halides is 3. The van der Waals surface area contributed by atoms with Crippen LogP contribution >= 0.6 is 0 Å². The molecule has 0 amide bonds. The van der Waals surface area contributed by atoms with Crippen molar-refractivity contribution in [1.29, 1.82) is 0 Å². The first-order valence-corrected chi connectivity index (χ1v) is 8.87. The largest absolute Gasteiger partial charge is 0.490 e. The third kappa shape index (κ3) is 5.19. The number of imidazole rings is 1. The number of carboxylic acids is 1. The van der Waals surface area contributed by atoms with Crippen LogP contribution < -0.4 is 4.90 Å². The third-order valence-corrected chi connectivity index (χ3v) is 4.83. The summed E-state index contributed by atoms with van der Waals surface area (Å²) in [5.74, 6) is -2.10. The zero-order valence-corrected chi connectivity index (χ0v) is 15.2. The van der Waals surface area contributed by atoms with Gasteiger partial charge in [-0.25, -0.2) is 24.1 Å². The molecule has 1 saturated carbocycles. The Morgan fingerprint density at radius 2 is 1.97 bits per heavy atom. The van der Waals surface area contributed by atoms with Crippen LogP contribution in [0.3, 0.4) is 0 Å². The van der Waals surface area contributed by atoms with Crippen LogP contribution in [0.15, 0.2) is 31.1 Å². The van der Waals surface area contributed by atoms with E-state index in [4.69, 9.17) is 14.6 Å². The lowest BCUT2D eigenvalue weighted by molar-refractivity contribution is -0.192. The van der Waals surface area contributed by atoms with E-state index in [0.717, 1.165) is 25.9 Å². The minimum Gasteiger partial charge on any atom is -0.475 e. The van der Waals surface area contributed by atoms with Gasteiger partial charge in [0.25, 0.3) is 0 Å². The zero-order valence-electron chi connectivity index (χ0n) is 15.2. The number of halogens is 4. The molecule has 3 unspecified atom stereocenters. The van der Waals surface area contributed by atoms with Crippen LogP contribution in [0.4, 0.5) is 23.5 Å². The number of hydrogen-bond acceptors (Lipinski definition) is 6. The molecule has 1 saturated heterocycles. The van der Waals surface area contributed by atoms with Gasteiger partial charge in [0.15, 0.2) is 5.82 Å². The topological polar surface area (TPSA) is 93.4 Å². The van der Waals surface area contributed by atoms with E-state index in [1.807, 2.05) is 12.5 Å².